The molecular formula is C15H18O4S. The molecule has 0 unspecified atom stereocenters. The Kier molecular flexibility index (Phi) is 3.73. The van der Waals surface area contributed by atoms with Gasteiger partial charge in [0, 0.05) is 12.8 Å². The van der Waals surface area contributed by atoms with Crippen LogP contribution in [0.3, 0.4) is 0 Å². The van der Waals surface area contributed by atoms with Gasteiger partial charge in [0.1, 0.15) is 10.7 Å². The van der Waals surface area contributed by atoms with Gasteiger partial charge in [0.15, 0.2) is 15.6 Å². The summed E-state index contributed by atoms with van der Waals surface area (Å²) in [6.45, 7) is 3.67. The predicted molar refractivity (Wildman–Crippen MR) is 76.7 cm³/mol. The van der Waals surface area contributed by atoms with Gasteiger partial charge in [-0.1, -0.05) is 44.2 Å². The standard InChI is InChI=1S/C15H18O4S/c1-15(2)8-12(16)14(13(17)9-15)20(18,19)10-11-6-4-3-5-7-11/h3-7,16H,8-10H2,1-2H3. The molecule has 4 nitrogen and oxygen atoms in total. The number of aliphatic hydroxyl groups excluding tert-OH is 1. The molecule has 0 fully saturated rings. The van der Waals surface area contributed by atoms with Crippen LogP contribution < -0.4 is 0 Å². The lowest BCUT2D eigenvalue weighted by Crippen LogP contribution is -2.29. The lowest BCUT2D eigenvalue weighted by atomic mass is 9.79. The maximum absolute atomic E-state index is 12.3. The van der Waals surface area contributed by atoms with E-state index in [1.54, 1.807) is 30.3 Å². The first-order chi connectivity index (χ1) is 9.21. The first kappa shape index (κ1) is 14.8. The Morgan fingerprint density at radius 3 is 2.30 bits per heavy atom. The number of hydrogen-bond acceptors (Lipinski definition) is 4. The normalized spacial score (nSPS) is 19.2. The van der Waals surface area contributed by atoms with Crippen LogP contribution in [0, 0.1) is 5.41 Å². The van der Waals surface area contributed by atoms with Crippen molar-refractivity contribution in [2.45, 2.75) is 32.4 Å². The van der Waals surface area contributed by atoms with Crippen LogP contribution in [0.2, 0.25) is 0 Å². The maximum Gasteiger partial charge on any atom is 0.189 e. The number of allylic oxidation sites excluding steroid dienone is 2. The molecule has 0 atom stereocenters. The van der Waals surface area contributed by atoms with Crippen LogP contribution in [-0.2, 0) is 20.4 Å². The van der Waals surface area contributed by atoms with Crippen LogP contribution in [0.5, 0.6) is 0 Å². The third-order valence-electron chi connectivity index (χ3n) is 3.31. The van der Waals surface area contributed by atoms with Gasteiger partial charge in [-0.3, -0.25) is 4.79 Å². The van der Waals surface area contributed by atoms with E-state index in [9.17, 15) is 18.3 Å². The Hall–Kier alpha value is -1.62. The monoisotopic (exact) mass is 294 g/mol. The van der Waals surface area contributed by atoms with Crippen molar-refractivity contribution in [1.29, 1.82) is 0 Å². The van der Waals surface area contributed by atoms with Crippen LogP contribution in [0.1, 0.15) is 32.3 Å². The van der Waals surface area contributed by atoms with Crippen molar-refractivity contribution in [1.82, 2.24) is 0 Å². The average molecular weight is 294 g/mol. The van der Waals surface area contributed by atoms with Gasteiger partial charge in [-0.15, -0.1) is 0 Å². The molecule has 5 heteroatoms. The lowest BCUT2D eigenvalue weighted by molar-refractivity contribution is -0.117. The highest BCUT2D eigenvalue weighted by molar-refractivity contribution is 7.95. The van der Waals surface area contributed by atoms with E-state index in [2.05, 4.69) is 0 Å². The number of rotatable bonds is 3. The molecule has 0 amide bonds. The summed E-state index contributed by atoms with van der Waals surface area (Å²) in [5.74, 6) is -1.06. The molecule has 20 heavy (non-hydrogen) atoms. The second-order valence-corrected chi connectivity index (χ2v) is 7.89. The molecule has 0 saturated carbocycles. The zero-order valence-corrected chi connectivity index (χ0v) is 12.4. The van der Waals surface area contributed by atoms with E-state index in [0.29, 0.717) is 5.56 Å². The summed E-state index contributed by atoms with van der Waals surface area (Å²) in [7, 11) is -3.80. The van der Waals surface area contributed by atoms with E-state index in [-0.39, 0.29) is 24.4 Å². The largest absolute Gasteiger partial charge is 0.511 e. The topological polar surface area (TPSA) is 71.4 Å². The predicted octanol–water partition coefficient (Wildman–Crippen LogP) is 2.76. The van der Waals surface area contributed by atoms with E-state index >= 15 is 0 Å². The van der Waals surface area contributed by atoms with Gasteiger partial charge in [-0.05, 0) is 11.0 Å². The number of ketones is 1. The van der Waals surface area contributed by atoms with Crippen molar-refractivity contribution in [3.8, 4) is 0 Å². The number of Topliss-reactive ketones (excluding diaryl/α,β-unsaturated/α-hetero) is 1. The molecule has 2 rings (SSSR count). The summed E-state index contributed by atoms with van der Waals surface area (Å²) in [5.41, 5.74) is 0.206. The zero-order chi connectivity index (χ0) is 15.0. The summed E-state index contributed by atoms with van der Waals surface area (Å²) in [5, 5.41) is 9.97. The minimum Gasteiger partial charge on any atom is -0.511 e. The maximum atomic E-state index is 12.3. The van der Waals surface area contributed by atoms with Crippen molar-refractivity contribution >= 4 is 15.6 Å². The fraction of sp³-hybridized carbons (Fsp3) is 0.400. The van der Waals surface area contributed by atoms with Crippen LogP contribution in [-0.4, -0.2) is 19.3 Å². The minimum absolute atomic E-state index is 0.139. The molecule has 0 aromatic heterocycles. The second kappa shape index (κ2) is 5.05. The first-order valence-corrected chi connectivity index (χ1v) is 8.08. The van der Waals surface area contributed by atoms with Gasteiger partial charge in [0.2, 0.25) is 0 Å². The summed E-state index contributed by atoms with van der Waals surface area (Å²) in [6.07, 6.45) is 0.350. The number of aliphatic hydroxyl groups is 1. The summed E-state index contributed by atoms with van der Waals surface area (Å²) < 4.78 is 24.7. The van der Waals surface area contributed by atoms with E-state index in [1.807, 2.05) is 13.8 Å². The van der Waals surface area contributed by atoms with E-state index in [4.69, 9.17) is 0 Å². The Balaban J connectivity index is 2.37. The van der Waals surface area contributed by atoms with E-state index in [1.165, 1.54) is 0 Å². The van der Waals surface area contributed by atoms with Gasteiger partial charge < -0.3 is 5.11 Å². The molecule has 0 heterocycles. The third-order valence-corrected chi connectivity index (χ3v) is 5.11. The molecule has 0 bridgehead atoms. The SMILES string of the molecule is CC1(C)CC(=O)C(S(=O)(=O)Cc2ccccc2)=C(O)C1. The molecular weight excluding hydrogens is 276 g/mol. The van der Waals surface area contributed by atoms with Crippen molar-refractivity contribution in [3.63, 3.8) is 0 Å². The van der Waals surface area contributed by atoms with Crippen LogP contribution in [0.15, 0.2) is 41.0 Å². The highest BCUT2D eigenvalue weighted by Gasteiger charge is 2.38. The zero-order valence-electron chi connectivity index (χ0n) is 11.6. The summed E-state index contributed by atoms with van der Waals surface area (Å²) >= 11 is 0. The molecule has 1 aromatic rings. The molecule has 1 aliphatic carbocycles. The molecule has 1 aromatic carbocycles. The molecule has 108 valence electrons. The van der Waals surface area contributed by atoms with Crippen molar-refractivity contribution in [2.75, 3.05) is 0 Å². The van der Waals surface area contributed by atoms with Crippen molar-refractivity contribution in [2.24, 2.45) is 5.41 Å². The van der Waals surface area contributed by atoms with Gasteiger partial charge in [0.25, 0.3) is 0 Å². The minimum atomic E-state index is -3.80. The molecule has 1 aliphatic rings. The molecule has 0 aliphatic heterocycles. The van der Waals surface area contributed by atoms with Gasteiger partial charge in [-0.25, -0.2) is 8.42 Å². The van der Waals surface area contributed by atoms with Gasteiger partial charge in [-0.2, -0.15) is 0 Å². The number of carbonyl (C=O) groups is 1. The average Bonchev–Trinajstić information content (AvgIpc) is 2.25. The smallest absolute Gasteiger partial charge is 0.189 e. The Morgan fingerprint density at radius 2 is 1.75 bits per heavy atom. The molecule has 0 saturated heterocycles. The fourth-order valence-electron chi connectivity index (χ4n) is 2.49. The molecule has 0 spiro atoms. The van der Waals surface area contributed by atoms with Crippen LogP contribution >= 0.6 is 0 Å². The lowest BCUT2D eigenvalue weighted by Gasteiger charge is -2.29. The van der Waals surface area contributed by atoms with Gasteiger partial charge >= 0.3 is 0 Å². The third kappa shape index (κ3) is 3.10. The van der Waals surface area contributed by atoms with E-state index < -0.39 is 25.9 Å². The molecule has 0 radical (unpaired) electrons. The fourth-order valence-corrected chi connectivity index (χ4v) is 4.12. The summed E-state index contributed by atoms with van der Waals surface area (Å²) in [4.78, 5) is 11.7. The first-order valence-electron chi connectivity index (χ1n) is 6.43. The highest BCUT2D eigenvalue weighted by Crippen LogP contribution is 2.38. The number of sulfone groups is 1. The Bertz CT molecular complexity index is 654. The molecule has 1 N–H and O–H groups in total. The van der Waals surface area contributed by atoms with Crippen molar-refractivity contribution < 1.29 is 18.3 Å². The number of hydrogen-bond donors (Lipinski definition) is 1. The van der Waals surface area contributed by atoms with Crippen LogP contribution in [0.25, 0.3) is 0 Å². The number of benzene rings is 1. The Morgan fingerprint density at radius 1 is 1.15 bits per heavy atom. The van der Waals surface area contributed by atoms with Crippen LogP contribution in [0.4, 0.5) is 0 Å². The van der Waals surface area contributed by atoms with E-state index in [0.717, 1.165) is 0 Å². The van der Waals surface area contributed by atoms with Crippen molar-refractivity contribution in [3.05, 3.63) is 46.6 Å². The summed E-state index contributed by atoms with van der Waals surface area (Å²) in [6, 6.07) is 8.65. The highest BCUT2D eigenvalue weighted by atomic mass is 32.2. The quantitative estimate of drug-likeness (QED) is 0.930. The second-order valence-electron chi connectivity index (χ2n) is 5.96. The number of carbonyl (C=O) groups excluding carboxylic acids is 1. The van der Waals surface area contributed by atoms with Gasteiger partial charge in [0.05, 0.1) is 5.75 Å². The Labute approximate surface area is 119 Å².